The monoisotopic (exact) mass is 420 g/mol. The van der Waals surface area contributed by atoms with Crippen molar-refractivity contribution in [3.63, 3.8) is 0 Å². The molecule has 0 saturated carbocycles. The largest absolute Gasteiger partial charge is 0.493 e. The van der Waals surface area contributed by atoms with Crippen LogP contribution in [0.4, 0.5) is 10.1 Å². The molecule has 0 spiro atoms. The first-order valence-corrected chi connectivity index (χ1v) is 8.67. The van der Waals surface area contributed by atoms with Crippen molar-refractivity contribution < 1.29 is 37.7 Å². The van der Waals surface area contributed by atoms with E-state index >= 15 is 0 Å². The molecule has 0 aliphatic heterocycles. The Balaban J connectivity index is 1.86. The lowest BCUT2D eigenvalue weighted by atomic mass is 10.1. The van der Waals surface area contributed by atoms with Gasteiger partial charge in [0, 0.05) is 11.3 Å². The molecule has 0 bridgehead atoms. The number of benzene rings is 2. The number of nitrogens with one attached hydrogen (secondary N) is 2. The first-order valence-electron chi connectivity index (χ1n) is 8.67. The quantitative estimate of drug-likeness (QED) is 0.595. The average molecular weight is 420 g/mol. The van der Waals surface area contributed by atoms with E-state index in [2.05, 4.69) is 10.6 Å². The third-order valence-electron chi connectivity index (χ3n) is 3.81. The van der Waals surface area contributed by atoms with Crippen molar-refractivity contribution in [2.24, 2.45) is 0 Å². The van der Waals surface area contributed by atoms with Gasteiger partial charge in [-0.25, -0.2) is 4.39 Å². The molecular formula is C20H21FN2O7. The predicted molar refractivity (Wildman–Crippen MR) is 104 cm³/mol. The van der Waals surface area contributed by atoms with Gasteiger partial charge in [0.05, 0.1) is 21.3 Å². The van der Waals surface area contributed by atoms with E-state index in [1.165, 1.54) is 57.7 Å². The molecule has 0 aliphatic rings. The number of esters is 1. The molecule has 0 radical (unpaired) electrons. The topological polar surface area (TPSA) is 112 Å². The lowest BCUT2D eigenvalue weighted by molar-refractivity contribution is -0.146. The van der Waals surface area contributed by atoms with Gasteiger partial charge in [-0.15, -0.1) is 0 Å². The van der Waals surface area contributed by atoms with Gasteiger partial charge in [0.2, 0.25) is 5.75 Å². The van der Waals surface area contributed by atoms with Gasteiger partial charge in [-0.2, -0.15) is 0 Å². The highest BCUT2D eigenvalue weighted by Crippen LogP contribution is 2.38. The maximum atomic E-state index is 12.8. The van der Waals surface area contributed by atoms with Gasteiger partial charge in [-0.3, -0.25) is 14.4 Å². The lowest BCUT2D eigenvalue weighted by Gasteiger charge is -2.14. The highest BCUT2D eigenvalue weighted by atomic mass is 19.1. The number of carbonyl (C=O) groups excluding carboxylic acids is 3. The van der Waals surface area contributed by atoms with Crippen molar-refractivity contribution in [1.82, 2.24) is 5.32 Å². The molecule has 2 amide bonds. The summed E-state index contributed by atoms with van der Waals surface area (Å²) in [5, 5.41) is 4.82. The molecular weight excluding hydrogens is 399 g/mol. The number of rotatable bonds is 9. The molecule has 0 fully saturated rings. The molecule has 2 N–H and O–H groups in total. The van der Waals surface area contributed by atoms with Crippen molar-refractivity contribution in [1.29, 1.82) is 0 Å². The SMILES string of the molecule is COc1cc(C(=O)NCC(=O)OCC(=O)Nc2ccc(F)cc2)cc(OC)c1OC. The zero-order chi connectivity index (χ0) is 22.1. The van der Waals surface area contributed by atoms with E-state index in [0.717, 1.165) is 0 Å². The summed E-state index contributed by atoms with van der Waals surface area (Å²) in [6.07, 6.45) is 0. The van der Waals surface area contributed by atoms with Gasteiger partial charge in [-0.05, 0) is 36.4 Å². The molecule has 0 unspecified atom stereocenters. The molecule has 9 nitrogen and oxygen atoms in total. The van der Waals surface area contributed by atoms with Crippen LogP contribution in [0.2, 0.25) is 0 Å². The summed E-state index contributed by atoms with van der Waals surface area (Å²) in [5.74, 6) is -1.56. The summed E-state index contributed by atoms with van der Waals surface area (Å²) in [6, 6.07) is 7.95. The molecule has 10 heteroatoms. The van der Waals surface area contributed by atoms with Crippen LogP contribution in [0.15, 0.2) is 36.4 Å². The summed E-state index contributed by atoms with van der Waals surface area (Å²) in [5.41, 5.74) is 0.527. The highest BCUT2D eigenvalue weighted by Gasteiger charge is 2.18. The number of hydrogen-bond donors (Lipinski definition) is 2. The minimum atomic E-state index is -0.815. The van der Waals surface area contributed by atoms with E-state index in [-0.39, 0.29) is 17.1 Å². The molecule has 0 aromatic heterocycles. The van der Waals surface area contributed by atoms with Crippen LogP contribution in [-0.4, -0.2) is 52.3 Å². The number of methoxy groups -OCH3 is 3. The lowest BCUT2D eigenvalue weighted by Crippen LogP contribution is -2.32. The van der Waals surface area contributed by atoms with E-state index in [1.807, 2.05) is 0 Å². The second-order valence-corrected chi connectivity index (χ2v) is 5.81. The van der Waals surface area contributed by atoms with Crippen LogP contribution in [-0.2, 0) is 14.3 Å². The molecule has 2 rings (SSSR count). The Morgan fingerprint density at radius 1 is 0.933 bits per heavy atom. The van der Waals surface area contributed by atoms with Crippen LogP contribution < -0.4 is 24.8 Å². The molecule has 30 heavy (non-hydrogen) atoms. The van der Waals surface area contributed by atoms with Crippen molar-refractivity contribution in [2.45, 2.75) is 0 Å². The van der Waals surface area contributed by atoms with Crippen LogP contribution in [0.25, 0.3) is 0 Å². The zero-order valence-electron chi connectivity index (χ0n) is 16.6. The summed E-state index contributed by atoms with van der Waals surface area (Å²) in [6.45, 7) is -1.02. The van der Waals surface area contributed by atoms with Crippen molar-refractivity contribution in [3.05, 3.63) is 47.8 Å². The first kappa shape index (κ1) is 22.5. The molecule has 0 heterocycles. The summed E-state index contributed by atoms with van der Waals surface area (Å²) < 4.78 is 33.2. The Morgan fingerprint density at radius 2 is 1.53 bits per heavy atom. The number of halogens is 1. The number of amides is 2. The summed E-state index contributed by atoms with van der Waals surface area (Å²) >= 11 is 0. The van der Waals surface area contributed by atoms with E-state index in [1.54, 1.807) is 0 Å². The van der Waals surface area contributed by atoms with E-state index < -0.39 is 36.8 Å². The van der Waals surface area contributed by atoms with Crippen LogP contribution in [0.5, 0.6) is 17.2 Å². The van der Waals surface area contributed by atoms with Gasteiger partial charge < -0.3 is 29.6 Å². The van der Waals surface area contributed by atoms with Crippen molar-refractivity contribution in [2.75, 3.05) is 39.8 Å². The first-order chi connectivity index (χ1) is 14.4. The van der Waals surface area contributed by atoms with Crippen LogP contribution >= 0.6 is 0 Å². The van der Waals surface area contributed by atoms with Crippen LogP contribution in [0.1, 0.15) is 10.4 Å². The van der Waals surface area contributed by atoms with Crippen LogP contribution in [0, 0.1) is 5.82 Å². The van der Waals surface area contributed by atoms with Gasteiger partial charge in [-0.1, -0.05) is 0 Å². The van der Waals surface area contributed by atoms with Gasteiger partial charge in [0.15, 0.2) is 18.1 Å². The maximum Gasteiger partial charge on any atom is 0.325 e. The molecule has 160 valence electrons. The second kappa shape index (κ2) is 10.6. The van der Waals surface area contributed by atoms with Crippen molar-refractivity contribution in [3.8, 4) is 17.2 Å². The maximum absolute atomic E-state index is 12.8. The van der Waals surface area contributed by atoms with E-state index in [4.69, 9.17) is 18.9 Å². The predicted octanol–water partition coefficient (Wildman–Crippen LogP) is 1.76. The third-order valence-corrected chi connectivity index (χ3v) is 3.81. The van der Waals surface area contributed by atoms with E-state index in [9.17, 15) is 18.8 Å². The molecule has 0 atom stereocenters. The standard InChI is InChI=1S/C20H21FN2O7/c1-27-15-8-12(9-16(28-2)19(15)29-3)20(26)22-10-18(25)30-11-17(24)23-14-6-4-13(21)5-7-14/h4-9H,10-11H2,1-3H3,(H,22,26)(H,23,24). The highest BCUT2D eigenvalue weighted by molar-refractivity contribution is 5.97. The molecule has 2 aromatic carbocycles. The van der Waals surface area contributed by atoms with Crippen LogP contribution in [0.3, 0.4) is 0 Å². The summed E-state index contributed by atoms with van der Waals surface area (Å²) in [4.78, 5) is 35.9. The zero-order valence-corrected chi connectivity index (χ0v) is 16.6. The van der Waals surface area contributed by atoms with Gasteiger partial charge in [0.25, 0.3) is 11.8 Å². The minimum Gasteiger partial charge on any atom is -0.493 e. The third kappa shape index (κ3) is 6.09. The number of anilines is 1. The average Bonchev–Trinajstić information content (AvgIpc) is 2.76. The fourth-order valence-electron chi connectivity index (χ4n) is 2.39. The summed E-state index contributed by atoms with van der Waals surface area (Å²) in [7, 11) is 4.25. The number of carbonyl (C=O) groups is 3. The van der Waals surface area contributed by atoms with Gasteiger partial charge >= 0.3 is 5.97 Å². The van der Waals surface area contributed by atoms with E-state index in [0.29, 0.717) is 11.4 Å². The fraction of sp³-hybridized carbons (Fsp3) is 0.250. The molecule has 2 aromatic rings. The Hall–Kier alpha value is -3.82. The normalized spacial score (nSPS) is 10.0. The number of ether oxygens (including phenoxy) is 4. The second-order valence-electron chi connectivity index (χ2n) is 5.81. The van der Waals surface area contributed by atoms with Gasteiger partial charge in [0.1, 0.15) is 12.4 Å². The Morgan fingerprint density at radius 3 is 2.07 bits per heavy atom. The smallest absolute Gasteiger partial charge is 0.325 e. The Bertz CT molecular complexity index is 891. The minimum absolute atomic E-state index is 0.173. The van der Waals surface area contributed by atoms with Crippen molar-refractivity contribution >= 4 is 23.5 Å². The molecule has 0 saturated heterocycles. The Kier molecular flexibility index (Phi) is 7.98. The fourth-order valence-corrected chi connectivity index (χ4v) is 2.39. The Labute approximate surface area is 172 Å². The molecule has 0 aliphatic carbocycles. The number of hydrogen-bond acceptors (Lipinski definition) is 7.